The highest BCUT2D eigenvalue weighted by molar-refractivity contribution is 5.24. The molecular weight excluding hydrogens is 232 g/mol. The van der Waals surface area contributed by atoms with Gasteiger partial charge in [-0.1, -0.05) is 63.4 Å². The van der Waals surface area contributed by atoms with Crippen molar-refractivity contribution in [1.82, 2.24) is 5.32 Å². The molecule has 0 fully saturated rings. The Morgan fingerprint density at radius 3 is 2.47 bits per heavy atom. The minimum absolute atomic E-state index is 0.0371. The molecule has 0 saturated heterocycles. The van der Waals surface area contributed by atoms with Gasteiger partial charge in [0.2, 0.25) is 0 Å². The quantitative estimate of drug-likeness (QED) is 0.724. The van der Waals surface area contributed by atoms with Crippen LogP contribution in [0.2, 0.25) is 0 Å². The van der Waals surface area contributed by atoms with Crippen molar-refractivity contribution < 1.29 is 0 Å². The second kappa shape index (κ2) is 9.58. The Hall–Kier alpha value is -1.33. The lowest BCUT2D eigenvalue weighted by molar-refractivity contribution is 0.418. The van der Waals surface area contributed by atoms with E-state index in [0.717, 1.165) is 24.6 Å². The molecule has 1 aromatic carbocycles. The van der Waals surface area contributed by atoms with E-state index in [1.807, 2.05) is 30.3 Å². The first kappa shape index (κ1) is 15.7. The van der Waals surface area contributed by atoms with E-state index < -0.39 is 0 Å². The van der Waals surface area contributed by atoms with Crippen molar-refractivity contribution in [3.63, 3.8) is 0 Å². The van der Waals surface area contributed by atoms with Crippen LogP contribution in [0.3, 0.4) is 0 Å². The van der Waals surface area contributed by atoms with Crippen LogP contribution >= 0.6 is 0 Å². The van der Waals surface area contributed by atoms with Crippen molar-refractivity contribution in [2.24, 2.45) is 5.92 Å². The number of nitriles is 1. The van der Waals surface area contributed by atoms with Crippen LogP contribution in [0, 0.1) is 17.2 Å². The maximum Gasteiger partial charge on any atom is 0.0837 e. The Balaban J connectivity index is 2.36. The van der Waals surface area contributed by atoms with Gasteiger partial charge in [0.05, 0.1) is 12.0 Å². The molecule has 2 atom stereocenters. The Morgan fingerprint density at radius 1 is 1.16 bits per heavy atom. The number of hydrogen-bond donors (Lipinski definition) is 1. The molecule has 0 amide bonds. The number of nitrogens with zero attached hydrogens (tertiary/aromatic N) is 1. The molecule has 104 valence electrons. The second-order valence-corrected chi connectivity index (χ2v) is 5.17. The maximum atomic E-state index is 9.25. The molecule has 2 heteroatoms. The zero-order valence-electron chi connectivity index (χ0n) is 12.2. The van der Waals surface area contributed by atoms with Crippen molar-refractivity contribution in [2.75, 3.05) is 13.1 Å². The summed E-state index contributed by atoms with van der Waals surface area (Å²) in [7, 11) is 0. The summed E-state index contributed by atoms with van der Waals surface area (Å²) in [6.07, 6.45) is 5.08. The number of benzene rings is 1. The smallest absolute Gasteiger partial charge is 0.0837 e. The third-order valence-corrected chi connectivity index (χ3v) is 3.68. The SMILES string of the molecule is CCCCC(CC)CNCC(C#N)c1ccccc1. The number of unbranched alkanes of at least 4 members (excludes halogenated alkanes) is 1. The van der Waals surface area contributed by atoms with Crippen LogP contribution in [0.1, 0.15) is 51.0 Å². The van der Waals surface area contributed by atoms with E-state index in [-0.39, 0.29) is 5.92 Å². The monoisotopic (exact) mass is 258 g/mol. The number of nitrogens with one attached hydrogen (secondary N) is 1. The summed E-state index contributed by atoms with van der Waals surface area (Å²) in [4.78, 5) is 0. The molecule has 0 saturated carbocycles. The fraction of sp³-hybridized carbons (Fsp3) is 0.588. The standard InChI is InChI=1S/C17H26N2/c1-3-5-9-15(4-2)13-19-14-17(12-18)16-10-7-6-8-11-16/h6-8,10-11,15,17,19H,3-5,9,13-14H2,1-2H3. The minimum atomic E-state index is -0.0371. The predicted octanol–water partition coefficient (Wildman–Crippen LogP) is 4.10. The summed E-state index contributed by atoms with van der Waals surface area (Å²) in [5.41, 5.74) is 1.11. The minimum Gasteiger partial charge on any atom is -0.315 e. The fourth-order valence-corrected chi connectivity index (χ4v) is 2.30. The van der Waals surface area contributed by atoms with E-state index in [4.69, 9.17) is 0 Å². The molecule has 0 radical (unpaired) electrons. The summed E-state index contributed by atoms with van der Waals surface area (Å²) in [5.74, 6) is 0.708. The normalized spacial score (nSPS) is 13.7. The highest BCUT2D eigenvalue weighted by Gasteiger charge is 2.11. The molecule has 0 spiro atoms. The third-order valence-electron chi connectivity index (χ3n) is 3.68. The molecule has 0 bridgehead atoms. The van der Waals surface area contributed by atoms with Crippen LogP contribution in [0.4, 0.5) is 0 Å². The van der Waals surface area contributed by atoms with Crippen molar-refractivity contribution in [2.45, 2.75) is 45.4 Å². The van der Waals surface area contributed by atoms with Gasteiger partial charge in [0.1, 0.15) is 0 Å². The van der Waals surface area contributed by atoms with Gasteiger partial charge in [-0.3, -0.25) is 0 Å². The molecule has 2 nitrogen and oxygen atoms in total. The molecular formula is C17H26N2. The topological polar surface area (TPSA) is 35.8 Å². The van der Waals surface area contributed by atoms with Crippen molar-refractivity contribution in [3.8, 4) is 6.07 Å². The Bertz CT molecular complexity index is 367. The highest BCUT2D eigenvalue weighted by Crippen LogP contribution is 2.15. The lowest BCUT2D eigenvalue weighted by Gasteiger charge is -2.17. The molecule has 1 rings (SSSR count). The molecule has 0 heterocycles. The summed E-state index contributed by atoms with van der Waals surface area (Å²) in [6, 6.07) is 12.4. The van der Waals surface area contributed by atoms with Gasteiger partial charge in [-0.05, 0) is 24.4 Å². The van der Waals surface area contributed by atoms with Crippen molar-refractivity contribution in [3.05, 3.63) is 35.9 Å². The van der Waals surface area contributed by atoms with E-state index in [9.17, 15) is 5.26 Å². The summed E-state index contributed by atoms with van der Waals surface area (Å²) in [5, 5.41) is 12.7. The average Bonchev–Trinajstić information content (AvgIpc) is 2.47. The average molecular weight is 258 g/mol. The van der Waals surface area contributed by atoms with Crippen LogP contribution in [0.25, 0.3) is 0 Å². The molecule has 0 aromatic heterocycles. The Labute approximate surface area is 117 Å². The van der Waals surface area contributed by atoms with Gasteiger partial charge >= 0.3 is 0 Å². The van der Waals surface area contributed by atoms with E-state index >= 15 is 0 Å². The van der Waals surface area contributed by atoms with Crippen LogP contribution in [0.5, 0.6) is 0 Å². The summed E-state index contributed by atoms with van der Waals surface area (Å²) in [6.45, 7) is 6.27. The molecule has 2 unspecified atom stereocenters. The number of hydrogen-bond acceptors (Lipinski definition) is 2. The van der Waals surface area contributed by atoms with E-state index in [1.165, 1.54) is 25.7 Å². The van der Waals surface area contributed by atoms with Gasteiger partial charge < -0.3 is 5.32 Å². The zero-order chi connectivity index (χ0) is 13.9. The van der Waals surface area contributed by atoms with E-state index in [0.29, 0.717) is 0 Å². The van der Waals surface area contributed by atoms with Crippen LogP contribution in [-0.4, -0.2) is 13.1 Å². The highest BCUT2D eigenvalue weighted by atomic mass is 14.9. The molecule has 0 aliphatic rings. The van der Waals surface area contributed by atoms with Crippen LogP contribution in [-0.2, 0) is 0 Å². The molecule has 0 aliphatic heterocycles. The van der Waals surface area contributed by atoms with Gasteiger partial charge in [0.25, 0.3) is 0 Å². The lowest BCUT2D eigenvalue weighted by Crippen LogP contribution is -2.27. The molecule has 0 aliphatic carbocycles. The largest absolute Gasteiger partial charge is 0.315 e. The molecule has 1 N–H and O–H groups in total. The first-order chi connectivity index (χ1) is 9.31. The van der Waals surface area contributed by atoms with Crippen LogP contribution < -0.4 is 5.32 Å². The van der Waals surface area contributed by atoms with Gasteiger partial charge in [-0.15, -0.1) is 0 Å². The zero-order valence-corrected chi connectivity index (χ0v) is 12.2. The molecule has 19 heavy (non-hydrogen) atoms. The Kier molecular flexibility index (Phi) is 7.93. The summed E-state index contributed by atoms with van der Waals surface area (Å²) >= 11 is 0. The predicted molar refractivity (Wildman–Crippen MR) is 81.0 cm³/mol. The van der Waals surface area contributed by atoms with Crippen LogP contribution in [0.15, 0.2) is 30.3 Å². The van der Waals surface area contributed by atoms with Gasteiger partial charge in [0, 0.05) is 6.54 Å². The Morgan fingerprint density at radius 2 is 1.89 bits per heavy atom. The lowest BCUT2D eigenvalue weighted by atomic mass is 9.98. The third kappa shape index (κ3) is 5.89. The number of rotatable bonds is 9. The van der Waals surface area contributed by atoms with Gasteiger partial charge in [-0.2, -0.15) is 5.26 Å². The van der Waals surface area contributed by atoms with Crippen molar-refractivity contribution in [1.29, 1.82) is 5.26 Å². The van der Waals surface area contributed by atoms with Crippen molar-refractivity contribution >= 4 is 0 Å². The summed E-state index contributed by atoms with van der Waals surface area (Å²) < 4.78 is 0. The van der Waals surface area contributed by atoms with E-state index in [1.54, 1.807) is 0 Å². The van der Waals surface area contributed by atoms with Gasteiger partial charge in [-0.25, -0.2) is 0 Å². The maximum absolute atomic E-state index is 9.25. The first-order valence-electron chi connectivity index (χ1n) is 7.47. The van der Waals surface area contributed by atoms with E-state index in [2.05, 4.69) is 25.2 Å². The second-order valence-electron chi connectivity index (χ2n) is 5.17. The fourth-order valence-electron chi connectivity index (χ4n) is 2.30. The molecule has 1 aromatic rings. The van der Waals surface area contributed by atoms with Gasteiger partial charge in [0.15, 0.2) is 0 Å². The first-order valence-corrected chi connectivity index (χ1v) is 7.47.